The summed E-state index contributed by atoms with van der Waals surface area (Å²) in [5.74, 6) is 0.151. The third kappa shape index (κ3) is 4.21. The molecule has 0 amide bonds. The number of nitrogens with one attached hydrogen (secondary N) is 1. The van der Waals surface area contributed by atoms with Gasteiger partial charge in [-0.15, -0.1) is 0 Å². The Balaban J connectivity index is 2.41. The number of anilines is 2. The first kappa shape index (κ1) is 17.2. The molecule has 0 saturated carbocycles. The van der Waals surface area contributed by atoms with Gasteiger partial charge in [0.2, 0.25) is 0 Å². The maximum absolute atomic E-state index is 11.1. The molecule has 0 aromatic heterocycles. The lowest BCUT2D eigenvalue weighted by atomic mass is 10.1. The number of aliphatic carboxylic acids is 1. The molecule has 0 fully saturated rings. The van der Waals surface area contributed by atoms with Gasteiger partial charge in [0.1, 0.15) is 11.5 Å². The van der Waals surface area contributed by atoms with Crippen molar-refractivity contribution in [1.82, 2.24) is 0 Å². The smallest absolute Gasteiger partial charge is 0.307 e. The van der Waals surface area contributed by atoms with Crippen LogP contribution in [0.25, 0.3) is 0 Å². The summed E-state index contributed by atoms with van der Waals surface area (Å²) in [6.45, 7) is 0. The zero-order valence-electron chi connectivity index (χ0n) is 12.5. The summed E-state index contributed by atoms with van der Waals surface area (Å²) in [5.41, 5.74) is 1.62. The Morgan fingerprint density at radius 1 is 1.09 bits per heavy atom. The summed E-state index contributed by atoms with van der Waals surface area (Å²) in [7, 11) is 3.04. The number of rotatable bonds is 6. The van der Waals surface area contributed by atoms with Crippen molar-refractivity contribution < 1.29 is 19.4 Å². The van der Waals surface area contributed by atoms with Crippen molar-refractivity contribution in [3.05, 3.63) is 45.9 Å². The monoisotopic (exact) mass is 355 g/mol. The number of carboxylic acids is 1. The van der Waals surface area contributed by atoms with E-state index in [0.29, 0.717) is 38.5 Å². The van der Waals surface area contributed by atoms with Gasteiger partial charge in [0.25, 0.3) is 0 Å². The van der Waals surface area contributed by atoms with Crippen molar-refractivity contribution in [1.29, 1.82) is 0 Å². The molecule has 122 valence electrons. The van der Waals surface area contributed by atoms with Crippen LogP contribution in [-0.4, -0.2) is 25.3 Å². The van der Waals surface area contributed by atoms with Gasteiger partial charge < -0.3 is 19.9 Å². The fourth-order valence-electron chi connectivity index (χ4n) is 2.05. The second-order valence-corrected chi connectivity index (χ2v) is 5.50. The van der Waals surface area contributed by atoms with Gasteiger partial charge in [-0.25, -0.2) is 0 Å². The minimum atomic E-state index is -0.951. The Hall–Kier alpha value is -2.11. The van der Waals surface area contributed by atoms with Crippen molar-refractivity contribution in [2.45, 2.75) is 6.42 Å². The highest BCUT2D eigenvalue weighted by Gasteiger charge is 2.13. The van der Waals surface area contributed by atoms with Crippen LogP contribution in [0.1, 0.15) is 5.56 Å². The van der Waals surface area contributed by atoms with Gasteiger partial charge in [-0.2, -0.15) is 0 Å². The van der Waals surface area contributed by atoms with Crippen molar-refractivity contribution in [3.63, 3.8) is 0 Å². The van der Waals surface area contributed by atoms with Crippen LogP contribution < -0.4 is 14.8 Å². The van der Waals surface area contributed by atoms with Crippen LogP contribution in [0.15, 0.2) is 30.3 Å². The zero-order chi connectivity index (χ0) is 17.0. The first-order valence-electron chi connectivity index (χ1n) is 6.63. The lowest BCUT2D eigenvalue weighted by Crippen LogP contribution is -2.05. The molecule has 2 N–H and O–H groups in total. The molecule has 0 radical (unpaired) electrons. The Morgan fingerprint density at radius 2 is 1.70 bits per heavy atom. The van der Waals surface area contributed by atoms with E-state index in [0.717, 1.165) is 0 Å². The minimum Gasteiger partial charge on any atom is -0.497 e. The highest BCUT2D eigenvalue weighted by Crippen LogP contribution is 2.37. The van der Waals surface area contributed by atoms with Crippen molar-refractivity contribution >= 4 is 40.5 Å². The predicted molar refractivity (Wildman–Crippen MR) is 90.6 cm³/mol. The Morgan fingerprint density at radius 3 is 2.22 bits per heavy atom. The average molecular weight is 356 g/mol. The zero-order valence-corrected chi connectivity index (χ0v) is 14.0. The standard InChI is InChI=1S/C16H15Cl2NO4/c1-22-10-3-4-14(9(5-10)6-15(20)21)19-16-12(17)7-11(23-2)8-13(16)18/h3-5,7-8,19H,6H2,1-2H3,(H,20,21). The van der Waals surface area contributed by atoms with Crippen molar-refractivity contribution in [2.75, 3.05) is 19.5 Å². The molecule has 2 aromatic carbocycles. The van der Waals surface area contributed by atoms with E-state index in [1.165, 1.54) is 14.2 Å². The van der Waals surface area contributed by atoms with E-state index in [1.807, 2.05) is 0 Å². The molecule has 5 nitrogen and oxygen atoms in total. The summed E-state index contributed by atoms with van der Waals surface area (Å²) in [6.07, 6.45) is -0.162. The van der Waals surface area contributed by atoms with Gasteiger partial charge in [0.15, 0.2) is 0 Å². The molecule has 0 bridgehead atoms. The number of ether oxygens (including phenoxy) is 2. The summed E-state index contributed by atoms with van der Waals surface area (Å²) in [4.78, 5) is 11.1. The number of hydrogen-bond acceptors (Lipinski definition) is 4. The number of hydrogen-bond donors (Lipinski definition) is 2. The largest absolute Gasteiger partial charge is 0.497 e. The third-order valence-corrected chi connectivity index (χ3v) is 3.76. The lowest BCUT2D eigenvalue weighted by molar-refractivity contribution is -0.136. The van der Waals surface area contributed by atoms with Crippen molar-refractivity contribution in [3.8, 4) is 11.5 Å². The van der Waals surface area contributed by atoms with Crippen LogP contribution >= 0.6 is 23.2 Å². The fourth-order valence-corrected chi connectivity index (χ4v) is 2.61. The maximum Gasteiger partial charge on any atom is 0.307 e. The van der Waals surface area contributed by atoms with Gasteiger partial charge in [-0.1, -0.05) is 23.2 Å². The molecule has 0 spiro atoms. The van der Waals surface area contributed by atoms with E-state index < -0.39 is 5.97 Å². The second kappa shape index (κ2) is 7.44. The van der Waals surface area contributed by atoms with E-state index in [2.05, 4.69) is 5.32 Å². The molecular weight excluding hydrogens is 341 g/mol. The molecular formula is C16H15Cl2NO4. The van der Waals surface area contributed by atoms with Gasteiger partial charge >= 0.3 is 5.97 Å². The summed E-state index contributed by atoms with van der Waals surface area (Å²) < 4.78 is 10.2. The number of halogens is 2. The highest BCUT2D eigenvalue weighted by molar-refractivity contribution is 6.39. The topological polar surface area (TPSA) is 67.8 Å². The molecule has 0 unspecified atom stereocenters. The van der Waals surface area contributed by atoms with Crippen LogP contribution in [0.2, 0.25) is 10.0 Å². The van der Waals surface area contributed by atoms with E-state index >= 15 is 0 Å². The molecule has 0 heterocycles. The van der Waals surface area contributed by atoms with Gasteiger partial charge in [0.05, 0.1) is 36.4 Å². The van der Waals surface area contributed by atoms with E-state index in [1.54, 1.807) is 30.3 Å². The van der Waals surface area contributed by atoms with Crippen LogP contribution in [0.5, 0.6) is 11.5 Å². The first-order chi connectivity index (χ1) is 10.9. The minimum absolute atomic E-state index is 0.162. The fraction of sp³-hybridized carbons (Fsp3) is 0.188. The highest BCUT2D eigenvalue weighted by atomic mass is 35.5. The normalized spacial score (nSPS) is 10.3. The van der Waals surface area contributed by atoms with Crippen LogP contribution in [0.3, 0.4) is 0 Å². The number of methoxy groups -OCH3 is 2. The number of benzene rings is 2. The summed E-state index contributed by atoms with van der Waals surface area (Å²) in [6, 6.07) is 8.33. The summed E-state index contributed by atoms with van der Waals surface area (Å²) in [5, 5.41) is 12.9. The second-order valence-electron chi connectivity index (χ2n) is 4.68. The Bertz CT molecular complexity index is 711. The Labute approximate surface area is 143 Å². The average Bonchev–Trinajstić information content (AvgIpc) is 2.51. The SMILES string of the molecule is COc1cc(Cl)c(Nc2ccc(OC)cc2CC(=O)O)c(Cl)c1. The quantitative estimate of drug-likeness (QED) is 0.804. The van der Waals surface area contributed by atoms with Crippen molar-refractivity contribution in [2.24, 2.45) is 0 Å². The first-order valence-corrected chi connectivity index (χ1v) is 7.39. The molecule has 0 saturated heterocycles. The predicted octanol–water partition coefficient (Wildman–Crippen LogP) is 4.38. The number of carbonyl (C=O) groups is 1. The molecule has 0 aliphatic rings. The van der Waals surface area contributed by atoms with Crippen LogP contribution in [0, 0.1) is 0 Å². The Kier molecular flexibility index (Phi) is 5.58. The van der Waals surface area contributed by atoms with Crippen LogP contribution in [-0.2, 0) is 11.2 Å². The molecule has 2 rings (SSSR count). The maximum atomic E-state index is 11.1. The molecule has 23 heavy (non-hydrogen) atoms. The van der Waals surface area contributed by atoms with E-state index in [9.17, 15) is 4.79 Å². The van der Waals surface area contributed by atoms with Gasteiger partial charge in [-0.3, -0.25) is 4.79 Å². The summed E-state index contributed by atoms with van der Waals surface area (Å²) >= 11 is 12.4. The van der Waals surface area contributed by atoms with Gasteiger partial charge in [-0.05, 0) is 23.8 Å². The molecule has 7 heteroatoms. The molecule has 0 aliphatic heterocycles. The molecule has 0 aliphatic carbocycles. The lowest BCUT2D eigenvalue weighted by Gasteiger charge is -2.15. The molecule has 0 atom stereocenters. The van der Waals surface area contributed by atoms with E-state index in [-0.39, 0.29) is 6.42 Å². The van der Waals surface area contributed by atoms with E-state index in [4.69, 9.17) is 37.8 Å². The molecule has 2 aromatic rings. The van der Waals surface area contributed by atoms with Gasteiger partial charge in [0, 0.05) is 17.8 Å². The van der Waals surface area contributed by atoms with Crippen LogP contribution in [0.4, 0.5) is 11.4 Å². The third-order valence-electron chi connectivity index (χ3n) is 3.17. The number of carboxylic acid groups (broad SMARTS) is 1.